The van der Waals surface area contributed by atoms with E-state index in [9.17, 15) is 9.90 Å². The molecule has 0 aliphatic heterocycles. The summed E-state index contributed by atoms with van der Waals surface area (Å²) >= 11 is 1.54. The Labute approximate surface area is 144 Å². The van der Waals surface area contributed by atoms with Gasteiger partial charge < -0.3 is 9.84 Å². The maximum atomic E-state index is 12.5. The lowest BCUT2D eigenvalue weighted by Crippen LogP contribution is -2.30. The zero-order valence-electron chi connectivity index (χ0n) is 13.7. The van der Waals surface area contributed by atoms with Crippen LogP contribution in [0, 0.1) is 6.92 Å². The van der Waals surface area contributed by atoms with Gasteiger partial charge in [-0.25, -0.2) is 4.98 Å². The van der Waals surface area contributed by atoms with Gasteiger partial charge in [-0.2, -0.15) is 0 Å². The van der Waals surface area contributed by atoms with Crippen LogP contribution in [-0.2, 0) is 13.0 Å². The third-order valence-corrected chi connectivity index (χ3v) is 4.94. The van der Waals surface area contributed by atoms with Crippen molar-refractivity contribution >= 4 is 21.6 Å². The first-order valence-corrected chi connectivity index (χ1v) is 8.74. The van der Waals surface area contributed by atoms with Crippen molar-refractivity contribution in [2.24, 2.45) is 0 Å². The summed E-state index contributed by atoms with van der Waals surface area (Å²) in [7, 11) is 0. The number of thiophene rings is 1. The van der Waals surface area contributed by atoms with E-state index in [-0.39, 0.29) is 18.7 Å². The molecule has 1 unspecified atom stereocenters. The molecule has 3 aromatic rings. The minimum absolute atomic E-state index is 0.120. The summed E-state index contributed by atoms with van der Waals surface area (Å²) < 4.78 is 7.03. The molecule has 0 fully saturated rings. The van der Waals surface area contributed by atoms with Gasteiger partial charge in [-0.1, -0.05) is 19.1 Å². The average molecular weight is 344 g/mol. The smallest absolute Gasteiger partial charge is 0.262 e. The van der Waals surface area contributed by atoms with Crippen molar-refractivity contribution in [1.29, 1.82) is 0 Å². The van der Waals surface area contributed by atoms with Crippen molar-refractivity contribution < 1.29 is 9.84 Å². The van der Waals surface area contributed by atoms with Crippen LogP contribution in [0.25, 0.3) is 10.2 Å². The Balaban J connectivity index is 1.70. The first kappa shape index (κ1) is 16.7. The number of hydrogen-bond acceptors (Lipinski definition) is 5. The minimum atomic E-state index is -0.785. The van der Waals surface area contributed by atoms with E-state index in [1.54, 1.807) is 0 Å². The Kier molecular flexibility index (Phi) is 4.97. The summed E-state index contributed by atoms with van der Waals surface area (Å²) in [5, 5.41) is 10.8. The zero-order chi connectivity index (χ0) is 17.1. The van der Waals surface area contributed by atoms with Crippen molar-refractivity contribution in [3.8, 4) is 5.75 Å². The van der Waals surface area contributed by atoms with Crippen LogP contribution in [0.5, 0.6) is 5.75 Å². The lowest BCUT2D eigenvalue weighted by Gasteiger charge is -2.14. The molecule has 0 aliphatic rings. The molecule has 2 heterocycles. The van der Waals surface area contributed by atoms with Crippen LogP contribution in [0.2, 0.25) is 0 Å². The van der Waals surface area contributed by atoms with E-state index >= 15 is 0 Å². The van der Waals surface area contributed by atoms with E-state index in [1.165, 1.54) is 22.2 Å². The molecule has 0 radical (unpaired) electrons. The number of aryl methyl sites for hydroxylation is 2. The number of ether oxygens (including phenoxy) is 1. The van der Waals surface area contributed by atoms with Gasteiger partial charge in [0.15, 0.2) is 0 Å². The number of fused-ring (bicyclic) bond motifs is 1. The molecule has 0 spiro atoms. The lowest BCUT2D eigenvalue weighted by atomic mass is 10.2. The van der Waals surface area contributed by atoms with Gasteiger partial charge in [-0.05, 0) is 37.1 Å². The standard InChI is InChI=1S/C18H20N2O3S/c1-3-15-8-16-17(24-15)19-11-20(18(16)22)9-13(21)10-23-14-6-4-5-12(2)7-14/h4-8,11,13,21H,3,9-10H2,1-2H3. The van der Waals surface area contributed by atoms with Gasteiger partial charge in [-0.15, -0.1) is 11.3 Å². The van der Waals surface area contributed by atoms with Crippen LogP contribution in [0.3, 0.4) is 0 Å². The molecular weight excluding hydrogens is 324 g/mol. The summed E-state index contributed by atoms with van der Waals surface area (Å²) in [6, 6.07) is 9.53. The van der Waals surface area contributed by atoms with E-state index in [1.807, 2.05) is 37.3 Å². The van der Waals surface area contributed by atoms with Crippen molar-refractivity contribution in [3.05, 3.63) is 57.5 Å². The second-order valence-corrected chi connectivity index (χ2v) is 6.88. The first-order chi connectivity index (χ1) is 11.6. The summed E-state index contributed by atoms with van der Waals surface area (Å²) in [5.74, 6) is 0.709. The molecule has 24 heavy (non-hydrogen) atoms. The number of nitrogens with zero attached hydrogens (tertiary/aromatic N) is 2. The van der Waals surface area contributed by atoms with E-state index < -0.39 is 6.10 Å². The van der Waals surface area contributed by atoms with Crippen LogP contribution in [0.4, 0.5) is 0 Å². The molecule has 126 valence electrons. The number of rotatable bonds is 6. The van der Waals surface area contributed by atoms with Gasteiger partial charge in [-0.3, -0.25) is 9.36 Å². The minimum Gasteiger partial charge on any atom is -0.491 e. The molecule has 6 heteroatoms. The fraction of sp³-hybridized carbons (Fsp3) is 0.333. The molecule has 0 aliphatic carbocycles. The molecule has 5 nitrogen and oxygen atoms in total. The van der Waals surface area contributed by atoms with Crippen molar-refractivity contribution in [3.63, 3.8) is 0 Å². The molecule has 1 aromatic carbocycles. The Bertz CT molecular complexity index is 901. The molecule has 0 saturated heterocycles. The first-order valence-electron chi connectivity index (χ1n) is 7.92. The van der Waals surface area contributed by atoms with Crippen LogP contribution >= 0.6 is 11.3 Å². The zero-order valence-corrected chi connectivity index (χ0v) is 14.5. The normalized spacial score (nSPS) is 12.5. The number of aliphatic hydroxyl groups excluding tert-OH is 1. The quantitative estimate of drug-likeness (QED) is 0.747. The van der Waals surface area contributed by atoms with Gasteiger partial charge in [0.05, 0.1) is 18.3 Å². The van der Waals surface area contributed by atoms with Gasteiger partial charge in [0.25, 0.3) is 5.56 Å². The Morgan fingerprint density at radius 3 is 2.96 bits per heavy atom. The average Bonchev–Trinajstić information content (AvgIpc) is 3.00. The highest BCUT2D eigenvalue weighted by atomic mass is 32.1. The van der Waals surface area contributed by atoms with Gasteiger partial charge in [0, 0.05) is 4.88 Å². The van der Waals surface area contributed by atoms with Crippen molar-refractivity contribution in [2.45, 2.75) is 32.9 Å². The van der Waals surface area contributed by atoms with Crippen molar-refractivity contribution in [2.75, 3.05) is 6.61 Å². The third-order valence-electron chi connectivity index (χ3n) is 3.76. The number of aromatic nitrogens is 2. The number of aliphatic hydroxyl groups is 1. The lowest BCUT2D eigenvalue weighted by molar-refractivity contribution is 0.0914. The molecule has 2 aromatic heterocycles. The molecule has 0 bridgehead atoms. The predicted molar refractivity (Wildman–Crippen MR) is 95.9 cm³/mol. The summed E-state index contributed by atoms with van der Waals surface area (Å²) in [5.41, 5.74) is 0.975. The molecular formula is C18H20N2O3S. The molecule has 0 amide bonds. The highest BCUT2D eigenvalue weighted by Crippen LogP contribution is 2.21. The summed E-state index contributed by atoms with van der Waals surface area (Å²) in [6.07, 6.45) is 1.59. The maximum Gasteiger partial charge on any atom is 0.262 e. The third kappa shape index (κ3) is 3.66. The highest BCUT2D eigenvalue weighted by molar-refractivity contribution is 7.18. The van der Waals surface area contributed by atoms with Crippen molar-refractivity contribution in [1.82, 2.24) is 9.55 Å². The molecule has 3 rings (SSSR count). The summed E-state index contributed by atoms with van der Waals surface area (Å²) in [6.45, 7) is 4.31. The second-order valence-electron chi connectivity index (χ2n) is 5.77. The molecule has 1 N–H and O–H groups in total. The predicted octanol–water partition coefficient (Wildman–Crippen LogP) is 2.77. The van der Waals surface area contributed by atoms with Crippen LogP contribution in [0.1, 0.15) is 17.4 Å². The summed E-state index contributed by atoms with van der Waals surface area (Å²) in [4.78, 5) is 18.7. The SMILES string of the molecule is CCc1cc2c(=O)n(CC(O)COc3cccc(C)c3)cnc2s1. The monoisotopic (exact) mass is 344 g/mol. The van der Waals surface area contributed by atoms with E-state index in [4.69, 9.17) is 4.74 Å². The van der Waals surface area contributed by atoms with Crippen LogP contribution in [-0.4, -0.2) is 27.4 Å². The largest absolute Gasteiger partial charge is 0.491 e. The Morgan fingerprint density at radius 2 is 2.21 bits per heavy atom. The molecule has 0 saturated carbocycles. The van der Waals surface area contributed by atoms with Gasteiger partial charge >= 0.3 is 0 Å². The Hall–Kier alpha value is -2.18. The second kappa shape index (κ2) is 7.15. The fourth-order valence-corrected chi connectivity index (χ4v) is 3.42. The van der Waals surface area contributed by atoms with E-state index in [0.717, 1.165) is 21.7 Å². The van der Waals surface area contributed by atoms with Gasteiger partial charge in [0.1, 0.15) is 23.3 Å². The maximum absolute atomic E-state index is 12.5. The van der Waals surface area contributed by atoms with Crippen LogP contribution in [0.15, 0.2) is 41.5 Å². The number of hydrogen-bond donors (Lipinski definition) is 1. The molecule has 1 atom stereocenters. The van der Waals surface area contributed by atoms with E-state index in [2.05, 4.69) is 11.9 Å². The number of benzene rings is 1. The fourth-order valence-electron chi connectivity index (χ4n) is 2.49. The highest BCUT2D eigenvalue weighted by Gasteiger charge is 2.12. The van der Waals surface area contributed by atoms with Crippen LogP contribution < -0.4 is 10.3 Å². The van der Waals surface area contributed by atoms with E-state index in [0.29, 0.717) is 11.1 Å². The van der Waals surface area contributed by atoms with Gasteiger partial charge in [0.2, 0.25) is 0 Å². The topological polar surface area (TPSA) is 64.4 Å². The Morgan fingerprint density at radius 1 is 1.38 bits per heavy atom.